The van der Waals surface area contributed by atoms with E-state index >= 15 is 0 Å². The summed E-state index contributed by atoms with van der Waals surface area (Å²) in [5.74, 6) is 0.846. The maximum absolute atomic E-state index is 12.9. The van der Waals surface area contributed by atoms with Crippen molar-refractivity contribution in [2.45, 2.75) is 19.4 Å². The molecule has 2 aromatic carbocycles. The lowest BCUT2D eigenvalue weighted by Gasteiger charge is -2.16. The van der Waals surface area contributed by atoms with E-state index in [0.717, 1.165) is 11.3 Å². The monoisotopic (exact) mass is 346 g/mol. The van der Waals surface area contributed by atoms with Crippen LogP contribution >= 0.6 is 0 Å². The number of halogens is 1. The van der Waals surface area contributed by atoms with Gasteiger partial charge in [0.1, 0.15) is 11.9 Å². The third-order valence-electron chi connectivity index (χ3n) is 3.79. The molecule has 0 spiro atoms. The number of benzene rings is 2. The summed E-state index contributed by atoms with van der Waals surface area (Å²) in [6, 6.07) is 11.2. The summed E-state index contributed by atoms with van der Waals surface area (Å²) in [6.45, 7) is 2.27. The summed E-state index contributed by atoms with van der Waals surface area (Å²) < 4.78 is 23.3. The van der Waals surface area contributed by atoms with Gasteiger partial charge in [-0.25, -0.2) is 4.39 Å². The molecule has 1 unspecified atom stereocenters. The van der Waals surface area contributed by atoms with E-state index in [-0.39, 0.29) is 11.7 Å². The maximum atomic E-state index is 12.9. The van der Waals surface area contributed by atoms with Crippen LogP contribution in [-0.2, 0) is 11.2 Å². The Labute approximate surface area is 147 Å². The van der Waals surface area contributed by atoms with Gasteiger partial charge in [-0.05, 0) is 43.2 Å². The predicted molar refractivity (Wildman–Crippen MR) is 95.7 cm³/mol. The van der Waals surface area contributed by atoms with Crippen molar-refractivity contribution in [1.82, 2.24) is 5.32 Å². The Morgan fingerprint density at radius 1 is 1.08 bits per heavy atom. The second-order valence-electron chi connectivity index (χ2n) is 5.60. The van der Waals surface area contributed by atoms with Crippen LogP contribution in [0.15, 0.2) is 42.5 Å². The van der Waals surface area contributed by atoms with Gasteiger partial charge in [0.2, 0.25) is 5.91 Å². The summed E-state index contributed by atoms with van der Waals surface area (Å²) in [4.78, 5) is 12.2. The lowest BCUT2D eigenvalue weighted by atomic mass is 10.1. The Bertz CT molecular complexity index is 704. The van der Waals surface area contributed by atoms with E-state index in [2.05, 4.69) is 10.6 Å². The van der Waals surface area contributed by atoms with E-state index in [4.69, 9.17) is 9.47 Å². The number of rotatable bonds is 8. The highest BCUT2D eigenvalue weighted by Gasteiger charge is 2.13. The SMILES string of the molecule is COc1ccc(NC(C)C(=O)NCCc2ccc(F)cc2)cc1OC. The minimum Gasteiger partial charge on any atom is -0.493 e. The molecule has 25 heavy (non-hydrogen) atoms. The van der Waals surface area contributed by atoms with Crippen LogP contribution in [0.25, 0.3) is 0 Å². The van der Waals surface area contributed by atoms with Crippen LogP contribution in [0.5, 0.6) is 11.5 Å². The summed E-state index contributed by atoms with van der Waals surface area (Å²) >= 11 is 0. The van der Waals surface area contributed by atoms with Crippen molar-refractivity contribution in [1.29, 1.82) is 0 Å². The van der Waals surface area contributed by atoms with E-state index < -0.39 is 6.04 Å². The summed E-state index contributed by atoms with van der Waals surface area (Å²) in [6.07, 6.45) is 0.648. The van der Waals surface area contributed by atoms with E-state index in [9.17, 15) is 9.18 Å². The molecule has 0 aliphatic heterocycles. The zero-order valence-electron chi connectivity index (χ0n) is 14.6. The number of methoxy groups -OCH3 is 2. The second-order valence-corrected chi connectivity index (χ2v) is 5.60. The number of amides is 1. The molecule has 5 nitrogen and oxygen atoms in total. The number of anilines is 1. The van der Waals surface area contributed by atoms with Crippen molar-refractivity contribution in [2.24, 2.45) is 0 Å². The first kappa shape index (κ1) is 18.6. The predicted octanol–water partition coefficient (Wildman–Crippen LogP) is 3.00. The standard InChI is InChI=1S/C19H23FN2O3/c1-13(22-16-8-9-17(24-2)18(12-16)25-3)19(23)21-11-10-14-4-6-15(20)7-5-14/h4-9,12-13,22H,10-11H2,1-3H3,(H,21,23). The molecule has 2 rings (SSSR count). The largest absolute Gasteiger partial charge is 0.493 e. The van der Waals surface area contributed by atoms with Crippen molar-refractivity contribution in [3.63, 3.8) is 0 Å². The first-order valence-electron chi connectivity index (χ1n) is 8.04. The van der Waals surface area contributed by atoms with Gasteiger partial charge in [-0.3, -0.25) is 4.79 Å². The lowest BCUT2D eigenvalue weighted by Crippen LogP contribution is -2.38. The summed E-state index contributed by atoms with van der Waals surface area (Å²) in [7, 11) is 3.13. The second kappa shape index (κ2) is 8.92. The lowest BCUT2D eigenvalue weighted by molar-refractivity contribution is -0.121. The molecule has 0 radical (unpaired) electrons. The Morgan fingerprint density at radius 2 is 1.76 bits per heavy atom. The molecule has 0 aliphatic carbocycles. The van der Waals surface area contributed by atoms with Gasteiger partial charge in [-0.15, -0.1) is 0 Å². The highest BCUT2D eigenvalue weighted by atomic mass is 19.1. The fourth-order valence-corrected chi connectivity index (χ4v) is 2.38. The van der Waals surface area contributed by atoms with Crippen LogP contribution in [0.3, 0.4) is 0 Å². The van der Waals surface area contributed by atoms with Crippen LogP contribution in [0.1, 0.15) is 12.5 Å². The average Bonchev–Trinajstić information content (AvgIpc) is 2.63. The van der Waals surface area contributed by atoms with Gasteiger partial charge in [0, 0.05) is 18.3 Å². The fourth-order valence-electron chi connectivity index (χ4n) is 2.38. The third kappa shape index (κ3) is 5.38. The third-order valence-corrected chi connectivity index (χ3v) is 3.79. The molecule has 0 heterocycles. The quantitative estimate of drug-likeness (QED) is 0.771. The minimum absolute atomic E-state index is 0.114. The van der Waals surface area contributed by atoms with Gasteiger partial charge in [0.15, 0.2) is 11.5 Å². The summed E-state index contributed by atoms with van der Waals surface area (Å²) in [5.41, 5.74) is 1.74. The molecule has 0 saturated heterocycles. The number of hydrogen-bond donors (Lipinski definition) is 2. The van der Waals surface area contributed by atoms with Crippen LogP contribution in [0.4, 0.5) is 10.1 Å². The Hall–Kier alpha value is -2.76. The topological polar surface area (TPSA) is 59.6 Å². The number of nitrogens with one attached hydrogen (secondary N) is 2. The zero-order chi connectivity index (χ0) is 18.2. The van der Waals surface area contributed by atoms with Crippen LogP contribution in [0.2, 0.25) is 0 Å². The van der Waals surface area contributed by atoms with Gasteiger partial charge in [0.25, 0.3) is 0 Å². The molecule has 0 bridgehead atoms. The molecule has 0 saturated carbocycles. The summed E-state index contributed by atoms with van der Waals surface area (Å²) in [5, 5.41) is 5.99. The first-order chi connectivity index (χ1) is 12.0. The number of hydrogen-bond acceptors (Lipinski definition) is 4. The van der Waals surface area contributed by atoms with Crippen LogP contribution in [-0.4, -0.2) is 32.7 Å². The Morgan fingerprint density at radius 3 is 2.40 bits per heavy atom. The van der Waals surface area contributed by atoms with Gasteiger partial charge in [0.05, 0.1) is 14.2 Å². The van der Waals surface area contributed by atoms with Crippen LogP contribution < -0.4 is 20.1 Å². The normalized spacial score (nSPS) is 11.5. The van der Waals surface area contributed by atoms with Crippen LogP contribution in [0, 0.1) is 5.82 Å². The smallest absolute Gasteiger partial charge is 0.242 e. The molecule has 2 aromatic rings. The minimum atomic E-state index is -0.411. The molecular formula is C19H23FN2O3. The van der Waals surface area contributed by atoms with E-state index in [1.165, 1.54) is 12.1 Å². The van der Waals surface area contributed by atoms with Crippen molar-refractivity contribution in [2.75, 3.05) is 26.1 Å². The molecule has 1 amide bonds. The van der Waals surface area contributed by atoms with Gasteiger partial charge in [-0.1, -0.05) is 12.1 Å². The maximum Gasteiger partial charge on any atom is 0.242 e. The van der Waals surface area contributed by atoms with Gasteiger partial charge >= 0.3 is 0 Å². The molecule has 1 atom stereocenters. The zero-order valence-corrected chi connectivity index (χ0v) is 14.6. The number of carbonyl (C=O) groups is 1. The average molecular weight is 346 g/mol. The molecular weight excluding hydrogens is 323 g/mol. The van der Waals surface area contributed by atoms with Crippen molar-refractivity contribution in [3.8, 4) is 11.5 Å². The van der Waals surface area contributed by atoms with Gasteiger partial charge < -0.3 is 20.1 Å². The van der Waals surface area contributed by atoms with E-state index in [1.54, 1.807) is 45.4 Å². The highest BCUT2D eigenvalue weighted by Crippen LogP contribution is 2.29. The molecule has 0 fully saturated rings. The first-order valence-corrected chi connectivity index (χ1v) is 8.04. The molecule has 0 aliphatic rings. The molecule has 0 aromatic heterocycles. The molecule has 2 N–H and O–H groups in total. The Balaban J connectivity index is 1.84. The van der Waals surface area contributed by atoms with Crippen molar-refractivity contribution in [3.05, 3.63) is 53.8 Å². The number of carbonyl (C=O) groups excluding carboxylic acids is 1. The Kier molecular flexibility index (Phi) is 6.62. The number of ether oxygens (including phenoxy) is 2. The van der Waals surface area contributed by atoms with E-state index in [1.807, 2.05) is 6.07 Å². The van der Waals surface area contributed by atoms with Crippen molar-refractivity contribution >= 4 is 11.6 Å². The molecule has 134 valence electrons. The van der Waals surface area contributed by atoms with E-state index in [0.29, 0.717) is 24.5 Å². The highest BCUT2D eigenvalue weighted by molar-refractivity contribution is 5.84. The van der Waals surface area contributed by atoms with Gasteiger partial charge in [-0.2, -0.15) is 0 Å². The fraction of sp³-hybridized carbons (Fsp3) is 0.316. The molecule has 6 heteroatoms. The van der Waals surface area contributed by atoms with Crippen molar-refractivity contribution < 1.29 is 18.7 Å².